The highest BCUT2D eigenvalue weighted by atomic mass is 32.2. The molecule has 9 heteroatoms. The van der Waals surface area contributed by atoms with Crippen LogP contribution in [-0.2, 0) is 11.3 Å². The van der Waals surface area contributed by atoms with Crippen LogP contribution in [0.15, 0.2) is 58.2 Å². The summed E-state index contributed by atoms with van der Waals surface area (Å²) in [7, 11) is 0. The molecule has 1 amide bonds. The summed E-state index contributed by atoms with van der Waals surface area (Å²) in [6.45, 7) is 0.586. The van der Waals surface area contributed by atoms with Crippen LogP contribution < -0.4 is 14.8 Å². The van der Waals surface area contributed by atoms with Crippen LogP contribution in [-0.4, -0.2) is 28.5 Å². The molecule has 28 heavy (non-hydrogen) atoms. The van der Waals surface area contributed by atoms with Gasteiger partial charge in [0.1, 0.15) is 12.4 Å². The van der Waals surface area contributed by atoms with Crippen molar-refractivity contribution in [3.05, 3.63) is 65.8 Å². The van der Waals surface area contributed by atoms with Crippen LogP contribution in [0.3, 0.4) is 0 Å². The standard InChI is InChI=1S/C19H16FN3O4S/c20-13-7-5-12(6-8-13)9-21-17(24)11-28-19-23-22-18(27-19)16-10-25-14-3-1-2-4-15(14)26-16/h1-8,16H,9-11H2,(H,21,24). The van der Waals surface area contributed by atoms with Crippen molar-refractivity contribution in [1.82, 2.24) is 15.5 Å². The lowest BCUT2D eigenvalue weighted by atomic mass is 10.2. The van der Waals surface area contributed by atoms with Gasteiger partial charge >= 0.3 is 0 Å². The second-order valence-electron chi connectivity index (χ2n) is 5.96. The second-order valence-corrected chi connectivity index (χ2v) is 6.89. The van der Waals surface area contributed by atoms with Gasteiger partial charge in [-0.2, -0.15) is 0 Å². The van der Waals surface area contributed by atoms with E-state index in [1.807, 2.05) is 18.2 Å². The molecule has 0 saturated carbocycles. The molecule has 1 atom stereocenters. The fourth-order valence-corrected chi connectivity index (χ4v) is 3.13. The summed E-state index contributed by atoms with van der Waals surface area (Å²) in [5.74, 6) is 1.20. The zero-order valence-corrected chi connectivity index (χ0v) is 15.4. The maximum Gasteiger partial charge on any atom is 0.277 e. The zero-order valence-electron chi connectivity index (χ0n) is 14.6. The molecular weight excluding hydrogens is 385 g/mol. The Morgan fingerprint density at radius 3 is 2.75 bits per heavy atom. The van der Waals surface area contributed by atoms with Gasteiger partial charge in [-0.05, 0) is 29.8 Å². The Labute approximate surface area is 164 Å². The third-order valence-corrected chi connectivity index (χ3v) is 4.75. The number of amides is 1. The highest BCUT2D eigenvalue weighted by Gasteiger charge is 2.27. The molecule has 4 rings (SSSR count). The van der Waals surface area contributed by atoms with Gasteiger partial charge in [0.15, 0.2) is 11.5 Å². The number of hydrogen-bond acceptors (Lipinski definition) is 7. The van der Waals surface area contributed by atoms with E-state index in [0.717, 1.165) is 17.3 Å². The van der Waals surface area contributed by atoms with Gasteiger partial charge < -0.3 is 19.2 Å². The van der Waals surface area contributed by atoms with Crippen molar-refractivity contribution in [1.29, 1.82) is 0 Å². The number of thioether (sulfide) groups is 1. The summed E-state index contributed by atoms with van der Waals surface area (Å²) in [6.07, 6.45) is -0.496. The lowest BCUT2D eigenvalue weighted by Crippen LogP contribution is -2.24. The molecule has 0 fully saturated rings. The fraction of sp³-hybridized carbons (Fsp3) is 0.211. The van der Waals surface area contributed by atoms with E-state index in [4.69, 9.17) is 13.9 Å². The number of nitrogens with one attached hydrogen (secondary N) is 1. The highest BCUT2D eigenvalue weighted by Crippen LogP contribution is 2.35. The van der Waals surface area contributed by atoms with Crippen molar-refractivity contribution >= 4 is 17.7 Å². The average Bonchev–Trinajstić information content (AvgIpc) is 3.20. The van der Waals surface area contributed by atoms with Gasteiger partial charge in [0.25, 0.3) is 11.1 Å². The van der Waals surface area contributed by atoms with Crippen molar-refractivity contribution in [2.24, 2.45) is 0 Å². The number of benzene rings is 2. The van der Waals surface area contributed by atoms with Gasteiger partial charge in [-0.25, -0.2) is 4.39 Å². The molecule has 7 nitrogen and oxygen atoms in total. The normalized spacial score (nSPS) is 15.2. The van der Waals surface area contributed by atoms with Crippen molar-refractivity contribution in [3.8, 4) is 11.5 Å². The molecule has 0 aliphatic carbocycles. The fourth-order valence-electron chi connectivity index (χ4n) is 2.53. The van der Waals surface area contributed by atoms with Crippen LogP contribution in [0.1, 0.15) is 17.6 Å². The molecule has 1 aliphatic rings. The monoisotopic (exact) mass is 401 g/mol. The van der Waals surface area contributed by atoms with Crippen LogP contribution in [0.2, 0.25) is 0 Å². The number of halogens is 1. The molecule has 2 aromatic carbocycles. The Bertz CT molecular complexity index is 964. The number of hydrogen-bond donors (Lipinski definition) is 1. The van der Waals surface area contributed by atoms with Crippen molar-refractivity contribution in [2.75, 3.05) is 12.4 Å². The third-order valence-electron chi connectivity index (χ3n) is 3.94. The Morgan fingerprint density at radius 1 is 1.14 bits per heavy atom. The predicted molar refractivity (Wildman–Crippen MR) is 98.6 cm³/mol. The number of ether oxygens (including phenoxy) is 2. The molecule has 1 aromatic heterocycles. The minimum Gasteiger partial charge on any atom is -0.485 e. The first-order valence-corrected chi connectivity index (χ1v) is 9.52. The van der Waals surface area contributed by atoms with E-state index in [1.165, 1.54) is 12.1 Å². The largest absolute Gasteiger partial charge is 0.485 e. The van der Waals surface area contributed by atoms with E-state index >= 15 is 0 Å². The lowest BCUT2D eigenvalue weighted by molar-refractivity contribution is -0.118. The summed E-state index contributed by atoms with van der Waals surface area (Å²) >= 11 is 1.13. The second kappa shape index (κ2) is 8.30. The molecule has 2 heterocycles. The van der Waals surface area contributed by atoms with Gasteiger partial charge in [-0.15, -0.1) is 10.2 Å². The lowest BCUT2D eigenvalue weighted by Gasteiger charge is -2.23. The molecule has 1 unspecified atom stereocenters. The SMILES string of the molecule is O=C(CSc1nnc(C2COc3ccccc3O2)o1)NCc1ccc(F)cc1. The molecule has 3 aromatic rings. The van der Waals surface area contributed by atoms with E-state index in [-0.39, 0.29) is 29.3 Å². The molecule has 0 radical (unpaired) electrons. The quantitative estimate of drug-likeness (QED) is 0.635. The number of para-hydroxylation sites is 2. The first-order chi connectivity index (χ1) is 13.7. The van der Waals surface area contributed by atoms with Crippen molar-refractivity contribution < 1.29 is 23.1 Å². The zero-order chi connectivity index (χ0) is 19.3. The van der Waals surface area contributed by atoms with Crippen molar-refractivity contribution in [2.45, 2.75) is 17.9 Å². The van der Waals surface area contributed by atoms with Crippen LogP contribution in [0.25, 0.3) is 0 Å². The maximum atomic E-state index is 12.9. The van der Waals surface area contributed by atoms with E-state index in [2.05, 4.69) is 15.5 Å². The van der Waals surface area contributed by atoms with Gasteiger partial charge in [0, 0.05) is 6.54 Å². The summed E-state index contributed by atoms with van der Waals surface area (Å²) < 4.78 is 29.9. The molecule has 144 valence electrons. The minimum absolute atomic E-state index is 0.119. The first kappa shape index (κ1) is 18.3. The Kier molecular flexibility index (Phi) is 5.43. The van der Waals surface area contributed by atoms with Crippen LogP contribution in [0.5, 0.6) is 11.5 Å². The number of rotatable bonds is 6. The Morgan fingerprint density at radius 2 is 1.93 bits per heavy atom. The smallest absolute Gasteiger partial charge is 0.277 e. The Balaban J connectivity index is 1.27. The van der Waals surface area contributed by atoms with Crippen LogP contribution >= 0.6 is 11.8 Å². The van der Waals surface area contributed by atoms with Crippen LogP contribution in [0.4, 0.5) is 4.39 Å². The molecule has 0 spiro atoms. The molecule has 1 N–H and O–H groups in total. The number of nitrogens with zero attached hydrogens (tertiary/aromatic N) is 2. The van der Waals surface area contributed by atoms with Gasteiger partial charge in [-0.3, -0.25) is 4.79 Å². The van der Waals surface area contributed by atoms with Crippen LogP contribution in [0, 0.1) is 5.82 Å². The van der Waals surface area contributed by atoms with Gasteiger partial charge in [0.2, 0.25) is 12.0 Å². The van der Waals surface area contributed by atoms with E-state index in [0.29, 0.717) is 23.9 Å². The number of aromatic nitrogens is 2. The minimum atomic E-state index is -0.496. The van der Waals surface area contributed by atoms with E-state index in [9.17, 15) is 9.18 Å². The van der Waals surface area contributed by atoms with E-state index < -0.39 is 6.10 Å². The average molecular weight is 401 g/mol. The summed E-state index contributed by atoms with van der Waals surface area (Å²) in [4.78, 5) is 12.0. The third kappa shape index (κ3) is 4.42. The van der Waals surface area contributed by atoms with E-state index in [1.54, 1.807) is 18.2 Å². The number of fused-ring (bicyclic) bond motifs is 1. The Hall–Kier alpha value is -3.07. The molecule has 0 bridgehead atoms. The molecule has 1 aliphatic heterocycles. The number of carbonyl (C=O) groups excluding carboxylic acids is 1. The van der Waals surface area contributed by atoms with Gasteiger partial charge in [-0.1, -0.05) is 36.0 Å². The topological polar surface area (TPSA) is 86.5 Å². The summed E-state index contributed by atoms with van der Waals surface area (Å²) in [5, 5.41) is 10.9. The van der Waals surface area contributed by atoms with Gasteiger partial charge in [0.05, 0.1) is 5.75 Å². The molecule has 0 saturated heterocycles. The summed E-state index contributed by atoms with van der Waals surface area (Å²) in [5.41, 5.74) is 0.814. The predicted octanol–water partition coefficient (Wildman–Crippen LogP) is 3.13. The highest BCUT2D eigenvalue weighted by molar-refractivity contribution is 7.99. The molecular formula is C19H16FN3O4S. The van der Waals surface area contributed by atoms with Crippen molar-refractivity contribution in [3.63, 3.8) is 0 Å². The summed E-state index contributed by atoms with van der Waals surface area (Å²) in [6, 6.07) is 13.3. The first-order valence-electron chi connectivity index (χ1n) is 8.53. The maximum absolute atomic E-state index is 12.9. The number of carbonyl (C=O) groups is 1.